The SMILES string of the molecule is CC[C@H]1[C@@H](O)C2C3CC[C@H]([C@H](C)CC=C(c4ccccc4)c4ccccc4)[C@@]3(C)CCC2[C@@]2(C)CC[C@@H](C)C[C@@H]12. The van der Waals surface area contributed by atoms with Crippen LogP contribution in [-0.4, -0.2) is 11.2 Å². The molecule has 40 heavy (non-hydrogen) atoms. The first-order valence-corrected chi connectivity index (χ1v) is 16.8. The van der Waals surface area contributed by atoms with Crippen molar-refractivity contribution in [3.63, 3.8) is 0 Å². The highest BCUT2D eigenvalue weighted by molar-refractivity contribution is 5.79. The Morgan fingerprint density at radius 3 is 2.08 bits per heavy atom. The Bertz CT molecular complexity index is 1130. The van der Waals surface area contributed by atoms with Gasteiger partial charge in [0.05, 0.1) is 6.10 Å². The molecule has 4 aliphatic carbocycles. The maximum Gasteiger partial charge on any atom is 0.0605 e. The van der Waals surface area contributed by atoms with Crippen molar-refractivity contribution < 1.29 is 5.11 Å². The molecule has 0 aliphatic heterocycles. The zero-order valence-corrected chi connectivity index (χ0v) is 25.9. The Labute approximate surface area is 244 Å². The molecule has 216 valence electrons. The topological polar surface area (TPSA) is 20.2 Å². The van der Waals surface area contributed by atoms with Crippen LogP contribution in [0.5, 0.6) is 0 Å². The minimum Gasteiger partial charge on any atom is -0.393 e. The van der Waals surface area contributed by atoms with Gasteiger partial charge in [-0.1, -0.05) is 114 Å². The predicted molar refractivity (Wildman–Crippen MR) is 169 cm³/mol. The van der Waals surface area contributed by atoms with E-state index in [0.29, 0.717) is 34.5 Å². The van der Waals surface area contributed by atoms with Crippen LogP contribution in [0.4, 0.5) is 0 Å². The largest absolute Gasteiger partial charge is 0.393 e. The van der Waals surface area contributed by atoms with Gasteiger partial charge in [0.25, 0.3) is 0 Å². The lowest BCUT2D eigenvalue weighted by atomic mass is 9.41. The average Bonchev–Trinajstić information content (AvgIpc) is 3.32. The van der Waals surface area contributed by atoms with Gasteiger partial charge in [0.15, 0.2) is 0 Å². The molecule has 4 aliphatic rings. The van der Waals surface area contributed by atoms with Crippen LogP contribution in [0.2, 0.25) is 0 Å². The van der Waals surface area contributed by atoms with E-state index in [4.69, 9.17) is 0 Å². The summed E-state index contributed by atoms with van der Waals surface area (Å²) < 4.78 is 0. The lowest BCUT2D eigenvalue weighted by Gasteiger charge is -2.65. The minimum absolute atomic E-state index is 0.0975. The van der Waals surface area contributed by atoms with Gasteiger partial charge < -0.3 is 5.11 Å². The molecule has 1 nitrogen and oxygen atoms in total. The monoisotopic (exact) mass is 538 g/mol. The second-order valence-electron chi connectivity index (χ2n) is 15.1. The van der Waals surface area contributed by atoms with Gasteiger partial charge in [-0.05, 0) is 120 Å². The number of aliphatic hydroxyl groups excluding tert-OH is 1. The summed E-state index contributed by atoms with van der Waals surface area (Å²) in [7, 11) is 0. The molecule has 0 saturated heterocycles. The van der Waals surface area contributed by atoms with Crippen molar-refractivity contribution >= 4 is 5.57 Å². The fraction of sp³-hybridized carbons (Fsp3) is 0.641. The van der Waals surface area contributed by atoms with Gasteiger partial charge in [0, 0.05) is 0 Å². The third kappa shape index (κ3) is 4.63. The van der Waals surface area contributed by atoms with Gasteiger partial charge in [-0.2, -0.15) is 0 Å². The van der Waals surface area contributed by atoms with Crippen molar-refractivity contribution in [2.75, 3.05) is 0 Å². The Balaban J connectivity index is 1.26. The number of aliphatic hydroxyl groups is 1. The maximum atomic E-state index is 12.1. The zero-order chi connectivity index (χ0) is 28.1. The molecule has 6 rings (SSSR count). The molecule has 0 radical (unpaired) electrons. The van der Waals surface area contributed by atoms with Crippen LogP contribution in [0.25, 0.3) is 5.57 Å². The maximum absolute atomic E-state index is 12.1. The fourth-order valence-corrected chi connectivity index (χ4v) is 11.3. The molecule has 0 aromatic heterocycles. The lowest BCUT2D eigenvalue weighted by Crippen LogP contribution is -2.61. The first-order chi connectivity index (χ1) is 19.3. The Morgan fingerprint density at radius 2 is 1.45 bits per heavy atom. The molecule has 2 aromatic carbocycles. The molecular formula is C39H54O. The molecule has 3 unspecified atom stereocenters. The highest BCUT2D eigenvalue weighted by Crippen LogP contribution is 2.69. The van der Waals surface area contributed by atoms with E-state index in [1.807, 2.05) is 0 Å². The van der Waals surface area contributed by atoms with Gasteiger partial charge in [0.2, 0.25) is 0 Å². The standard InChI is InChI=1S/C39H54O/c1-6-30-35-25-26(2)21-23-39(35,5)34-22-24-38(4)32(19-20-33(38)36(34)37(30)40)27(3)17-18-31(28-13-9-7-10-14-28)29-15-11-8-12-16-29/h7-16,18,26-27,30,32-37,40H,6,17,19-25H2,1-5H3/t26-,27-,30-,32-,33?,34?,35+,36?,37-,38-,39-/m1/s1. The number of rotatable bonds is 6. The molecule has 1 heteroatoms. The lowest BCUT2D eigenvalue weighted by molar-refractivity contribution is -0.198. The fourth-order valence-electron chi connectivity index (χ4n) is 11.3. The molecule has 4 saturated carbocycles. The summed E-state index contributed by atoms with van der Waals surface area (Å²) in [5.41, 5.74) is 4.80. The molecule has 4 fully saturated rings. The normalized spacial score (nSPS) is 41.4. The first kappa shape index (κ1) is 28.3. The molecular weight excluding hydrogens is 484 g/mol. The molecule has 2 aromatic rings. The van der Waals surface area contributed by atoms with E-state index in [1.54, 1.807) is 0 Å². The second-order valence-corrected chi connectivity index (χ2v) is 15.1. The summed E-state index contributed by atoms with van der Waals surface area (Å²) in [6.45, 7) is 12.7. The Morgan fingerprint density at radius 1 is 0.850 bits per heavy atom. The molecule has 0 bridgehead atoms. The van der Waals surface area contributed by atoms with Crippen LogP contribution in [0.15, 0.2) is 66.7 Å². The molecule has 0 amide bonds. The van der Waals surface area contributed by atoms with Gasteiger partial charge in [0.1, 0.15) is 0 Å². The smallest absolute Gasteiger partial charge is 0.0605 e. The number of allylic oxidation sites excluding steroid dienone is 1. The highest BCUT2D eigenvalue weighted by atomic mass is 16.3. The van der Waals surface area contributed by atoms with Gasteiger partial charge in [-0.25, -0.2) is 0 Å². The van der Waals surface area contributed by atoms with E-state index in [2.05, 4.69) is 101 Å². The molecule has 1 N–H and O–H groups in total. The van der Waals surface area contributed by atoms with E-state index in [9.17, 15) is 5.11 Å². The van der Waals surface area contributed by atoms with Crippen molar-refractivity contribution in [1.29, 1.82) is 0 Å². The quantitative estimate of drug-likeness (QED) is 0.388. The van der Waals surface area contributed by atoms with E-state index < -0.39 is 0 Å². The number of fused-ring (bicyclic) bond motifs is 5. The van der Waals surface area contributed by atoms with Crippen LogP contribution in [-0.2, 0) is 0 Å². The Hall–Kier alpha value is -1.86. The van der Waals surface area contributed by atoms with Crippen molar-refractivity contribution in [3.05, 3.63) is 77.9 Å². The zero-order valence-electron chi connectivity index (χ0n) is 25.9. The van der Waals surface area contributed by atoms with Crippen LogP contribution >= 0.6 is 0 Å². The van der Waals surface area contributed by atoms with E-state index >= 15 is 0 Å². The average molecular weight is 539 g/mol. The van der Waals surface area contributed by atoms with Crippen molar-refractivity contribution in [2.45, 2.75) is 98.5 Å². The van der Waals surface area contributed by atoms with E-state index in [0.717, 1.165) is 36.5 Å². The number of hydrogen-bond donors (Lipinski definition) is 1. The van der Waals surface area contributed by atoms with Gasteiger partial charge in [-0.15, -0.1) is 0 Å². The molecule has 0 spiro atoms. The Kier molecular flexibility index (Phi) is 7.84. The highest BCUT2D eigenvalue weighted by Gasteiger charge is 2.64. The summed E-state index contributed by atoms with van der Waals surface area (Å²) >= 11 is 0. The number of hydrogen-bond acceptors (Lipinski definition) is 1. The minimum atomic E-state index is -0.0975. The van der Waals surface area contributed by atoms with Crippen LogP contribution in [0, 0.1) is 58.2 Å². The van der Waals surface area contributed by atoms with Crippen molar-refractivity contribution in [2.24, 2.45) is 58.2 Å². The summed E-state index contributed by atoms with van der Waals surface area (Å²) in [4.78, 5) is 0. The van der Waals surface area contributed by atoms with Crippen molar-refractivity contribution in [1.82, 2.24) is 0 Å². The molecule has 11 atom stereocenters. The summed E-state index contributed by atoms with van der Waals surface area (Å²) in [5, 5.41) is 12.1. The van der Waals surface area contributed by atoms with E-state index in [-0.39, 0.29) is 6.10 Å². The van der Waals surface area contributed by atoms with Crippen LogP contribution < -0.4 is 0 Å². The first-order valence-electron chi connectivity index (χ1n) is 16.8. The number of benzene rings is 2. The van der Waals surface area contributed by atoms with E-state index in [1.165, 1.54) is 61.6 Å². The van der Waals surface area contributed by atoms with Crippen LogP contribution in [0.1, 0.15) is 104 Å². The molecule has 0 heterocycles. The van der Waals surface area contributed by atoms with Crippen molar-refractivity contribution in [3.8, 4) is 0 Å². The third-order valence-electron chi connectivity index (χ3n) is 13.3. The summed E-state index contributed by atoms with van der Waals surface area (Å²) in [5.74, 6) is 5.35. The summed E-state index contributed by atoms with van der Waals surface area (Å²) in [6.07, 6.45) is 14.2. The van der Waals surface area contributed by atoms with Gasteiger partial charge in [-0.3, -0.25) is 0 Å². The van der Waals surface area contributed by atoms with Gasteiger partial charge >= 0.3 is 0 Å². The second kappa shape index (κ2) is 11.1. The predicted octanol–water partition coefficient (Wildman–Crippen LogP) is 10.0. The third-order valence-corrected chi connectivity index (χ3v) is 13.3. The van der Waals surface area contributed by atoms with Crippen LogP contribution in [0.3, 0.4) is 0 Å². The summed E-state index contributed by atoms with van der Waals surface area (Å²) in [6, 6.07) is 21.9.